The number of halogens is 4. The van der Waals surface area contributed by atoms with Gasteiger partial charge in [-0.3, -0.25) is 4.79 Å². The van der Waals surface area contributed by atoms with E-state index < -0.39 is 17.6 Å². The Balaban J connectivity index is 0.00000180. The number of hydrogen-bond acceptors (Lipinski definition) is 2. The Morgan fingerprint density at radius 3 is 2.68 bits per heavy atom. The quantitative estimate of drug-likeness (QED) is 0.878. The van der Waals surface area contributed by atoms with Crippen LogP contribution in [0.25, 0.3) is 0 Å². The summed E-state index contributed by atoms with van der Waals surface area (Å²) in [4.78, 5) is 11.8. The molecule has 1 aliphatic heterocycles. The fraction of sp³-hybridized carbons (Fsp3) is 0.417. The van der Waals surface area contributed by atoms with Gasteiger partial charge in [0.25, 0.3) is 5.91 Å². The van der Waals surface area contributed by atoms with Crippen LogP contribution in [-0.4, -0.2) is 25.0 Å². The fourth-order valence-corrected chi connectivity index (χ4v) is 1.88. The van der Waals surface area contributed by atoms with Crippen molar-refractivity contribution in [2.75, 3.05) is 13.1 Å². The molecule has 0 aromatic heterocycles. The van der Waals surface area contributed by atoms with Crippen molar-refractivity contribution in [1.82, 2.24) is 10.6 Å². The van der Waals surface area contributed by atoms with Crippen LogP contribution in [0.4, 0.5) is 13.2 Å². The van der Waals surface area contributed by atoms with E-state index in [9.17, 15) is 18.0 Å². The van der Waals surface area contributed by atoms with Crippen molar-refractivity contribution in [3.05, 3.63) is 35.4 Å². The first-order valence-electron chi connectivity index (χ1n) is 5.65. The number of amides is 1. The Kier molecular flexibility index (Phi) is 5.20. The van der Waals surface area contributed by atoms with Crippen LogP contribution in [0.2, 0.25) is 0 Å². The first-order chi connectivity index (χ1) is 8.47. The maximum absolute atomic E-state index is 12.5. The minimum absolute atomic E-state index is 0. The zero-order valence-electron chi connectivity index (χ0n) is 9.96. The van der Waals surface area contributed by atoms with Crippen LogP contribution in [0.3, 0.4) is 0 Å². The summed E-state index contributed by atoms with van der Waals surface area (Å²) in [5, 5.41) is 5.78. The van der Waals surface area contributed by atoms with Gasteiger partial charge in [-0.2, -0.15) is 13.2 Å². The number of carbonyl (C=O) groups excluding carboxylic acids is 1. The van der Waals surface area contributed by atoms with E-state index in [1.807, 2.05) is 0 Å². The molecule has 1 heterocycles. The van der Waals surface area contributed by atoms with Crippen LogP contribution in [0, 0.1) is 0 Å². The maximum Gasteiger partial charge on any atom is 0.416 e. The normalized spacial score (nSPS) is 18.8. The van der Waals surface area contributed by atoms with Gasteiger partial charge in [0.15, 0.2) is 0 Å². The molecule has 0 saturated carbocycles. The number of rotatable bonds is 2. The highest BCUT2D eigenvalue weighted by molar-refractivity contribution is 5.94. The molecular formula is C12H14ClF3N2O. The third-order valence-corrected chi connectivity index (χ3v) is 2.85. The predicted octanol–water partition coefficient (Wildman–Crippen LogP) is 2.22. The molecule has 0 aliphatic carbocycles. The van der Waals surface area contributed by atoms with Crippen molar-refractivity contribution in [2.45, 2.75) is 18.6 Å². The molecule has 1 fully saturated rings. The Hall–Kier alpha value is -1.27. The van der Waals surface area contributed by atoms with E-state index in [4.69, 9.17) is 0 Å². The third-order valence-electron chi connectivity index (χ3n) is 2.85. The van der Waals surface area contributed by atoms with Gasteiger partial charge in [-0.1, -0.05) is 6.07 Å². The van der Waals surface area contributed by atoms with E-state index in [1.165, 1.54) is 12.1 Å². The van der Waals surface area contributed by atoms with Crippen LogP contribution >= 0.6 is 12.4 Å². The van der Waals surface area contributed by atoms with Crippen molar-refractivity contribution < 1.29 is 18.0 Å². The molecule has 2 N–H and O–H groups in total. The average Bonchev–Trinajstić information content (AvgIpc) is 2.81. The van der Waals surface area contributed by atoms with E-state index in [0.717, 1.165) is 25.1 Å². The maximum atomic E-state index is 12.5. The lowest BCUT2D eigenvalue weighted by Crippen LogP contribution is -2.36. The van der Waals surface area contributed by atoms with Crippen molar-refractivity contribution in [1.29, 1.82) is 0 Å². The lowest BCUT2D eigenvalue weighted by Gasteiger charge is -2.12. The first-order valence-corrected chi connectivity index (χ1v) is 5.65. The molecule has 1 unspecified atom stereocenters. The predicted molar refractivity (Wildman–Crippen MR) is 67.4 cm³/mol. The summed E-state index contributed by atoms with van der Waals surface area (Å²) in [7, 11) is 0. The molecule has 1 saturated heterocycles. The van der Waals surface area contributed by atoms with Crippen molar-refractivity contribution in [2.24, 2.45) is 0 Å². The minimum atomic E-state index is -4.43. The summed E-state index contributed by atoms with van der Waals surface area (Å²) in [5.74, 6) is -0.463. The van der Waals surface area contributed by atoms with Crippen molar-refractivity contribution in [3.63, 3.8) is 0 Å². The smallest absolute Gasteiger partial charge is 0.348 e. The summed E-state index contributed by atoms with van der Waals surface area (Å²) in [5.41, 5.74) is -0.767. The van der Waals surface area contributed by atoms with E-state index in [2.05, 4.69) is 10.6 Å². The Labute approximate surface area is 115 Å². The lowest BCUT2D eigenvalue weighted by atomic mass is 10.1. The highest BCUT2D eigenvalue weighted by atomic mass is 35.5. The molecule has 1 aromatic carbocycles. The highest BCUT2D eigenvalue weighted by Crippen LogP contribution is 2.29. The van der Waals surface area contributed by atoms with E-state index in [0.29, 0.717) is 6.54 Å². The standard InChI is InChI=1S/C12H13F3N2O.ClH/c13-12(14,15)9-3-1-2-8(6-9)11(18)17-10-4-5-16-7-10;/h1-3,6,10,16H,4-5,7H2,(H,17,18);1H. The third kappa shape index (κ3) is 4.11. The van der Waals surface area contributed by atoms with Gasteiger partial charge in [0.05, 0.1) is 5.56 Å². The summed E-state index contributed by atoms with van der Waals surface area (Å²) < 4.78 is 37.5. The molecule has 3 nitrogen and oxygen atoms in total. The zero-order valence-corrected chi connectivity index (χ0v) is 10.8. The second kappa shape index (κ2) is 6.25. The summed E-state index contributed by atoms with van der Waals surface area (Å²) in [6, 6.07) is 4.44. The lowest BCUT2D eigenvalue weighted by molar-refractivity contribution is -0.137. The molecule has 1 atom stereocenters. The number of nitrogens with one attached hydrogen (secondary N) is 2. The molecule has 106 valence electrons. The first kappa shape index (κ1) is 15.8. The minimum Gasteiger partial charge on any atom is -0.348 e. The molecule has 1 amide bonds. The molecule has 0 bridgehead atoms. The van der Waals surface area contributed by atoms with Gasteiger partial charge in [-0.05, 0) is 31.2 Å². The molecular weight excluding hydrogens is 281 g/mol. The van der Waals surface area contributed by atoms with Crippen molar-refractivity contribution >= 4 is 18.3 Å². The van der Waals surface area contributed by atoms with Crippen LogP contribution in [0.1, 0.15) is 22.3 Å². The molecule has 0 spiro atoms. The Morgan fingerprint density at radius 2 is 2.11 bits per heavy atom. The largest absolute Gasteiger partial charge is 0.416 e. The van der Waals surface area contributed by atoms with Crippen LogP contribution in [-0.2, 0) is 6.18 Å². The molecule has 7 heteroatoms. The van der Waals surface area contributed by atoms with E-state index in [1.54, 1.807) is 0 Å². The summed E-state index contributed by atoms with van der Waals surface area (Å²) in [6.45, 7) is 1.47. The molecule has 0 radical (unpaired) electrons. The van der Waals surface area contributed by atoms with Crippen LogP contribution in [0.15, 0.2) is 24.3 Å². The number of alkyl halides is 3. The molecule has 1 aromatic rings. The van der Waals surface area contributed by atoms with Gasteiger partial charge in [0.2, 0.25) is 0 Å². The van der Waals surface area contributed by atoms with Crippen LogP contribution in [0.5, 0.6) is 0 Å². The number of carbonyl (C=O) groups is 1. The monoisotopic (exact) mass is 294 g/mol. The Bertz CT molecular complexity index is 445. The summed E-state index contributed by atoms with van der Waals surface area (Å²) >= 11 is 0. The number of hydrogen-bond donors (Lipinski definition) is 2. The molecule has 19 heavy (non-hydrogen) atoms. The molecule has 1 aliphatic rings. The van der Waals surface area contributed by atoms with E-state index >= 15 is 0 Å². The average molecular weight is 295 g/mol. The van der Waals surface area contributed by atoms with Gasteiger partial charge >= 0.3 is 6.18 Å². The van der Waals surface area contributed by atoms with E-state index in [-0.39, 0.29) is 24.0 Å². The Morgan fingerprint density at radius 1 is 1.37 bits per heavy atom. The molecule has 2 rings (SSSR count). The second-order valence-electron chi connectivity index (χ2n) is 4.24. The van der Waals surface area contributed by atoms with Gasteiger partial charge in [0.1, 0.15) is 0 Å². The number of benzene rings is 1. The van der Waals surface area contributed by atoms with Gasteiger partial charge in [-0.15, -0.1) is 12.4 Å². The topological polar surface area (TPSA) is 41.1 Å². The van der Waals surface area contributed by atoms with Crippen LogP contribution < -0.4 is 10.6 Å². The summed E-state index contributed by atoms with van der Waals surface area (Å²) in [6.07, 6.45) is -3.63. The van der Waals surface area contributed by atoms with Gasteiger partial charge < -0.3 is 10.6 Å². The zero-order chi connectivity index (χ0) is 13.2. The SMILES string of the molecule is Cl.O=C(NC1CCNC1)c1cccc(C(F)(F)F)c1. The van der Waals surface area contributed by atoms with Crippen molar-refractivity contribution in [3.8, 4) is 0 Å². The second-order valence-corrected chi connectivity index (χ2v) is 4.24. The highest BCUT2D eigenvalue weighted by Gasteiger charge is 2.31. The fourth-order valence-electron chi connectivity index (χ4n) is 1.88. The van der Waals surface area contributed by atoms with Gasteiger partial charge in [0, 0.05) is 18.2 Å². The van der Waals surface area contributed by atoms with Gasteiger partial charge in [-0.25, -0.2) is 0 Å².